The molecule has 0 radical (unpaired) electrons. The quantitative estimate of drug-likeness (QED) is 0.559. The van der Waals surface area contributed by atoms with E-state index in [0.29, 0.717) is 5.56 Å². The first-order valence-corrected chi connectivity index (χ1v) is 8.58. The van der Waals surface area contributed by atoms with Crippen molar-refractivity contribution in [3.63, 3.8) is 0 Å². The average Bonchev–Trinajstić information content (AvgIpc) is 2.55. The van der Waals surface area contributed by atoms with Crippen LogP contribution in [0.5, 0.6) is 0 Å². The Morgan fingerprint density at radius 2 is 1.79 bits per heavy atom. The van der Waals surface area contributed by atoms with E-state index in [1.165, 1.54) is 5.56 Å². The summed E-state index contributed by atoms with van der Waals surface area (Å²) in [5, 5.41) is 0.370. The molecular weight excluding hydrogens is 318 g/mol. The first-order valence-electron chi connectivity index (χ1n) is 8.20. The summed E-state index contributed by atoms with van der Waals surface area (Å²) in [6.07, 6.45) is 2.19. The second kappa shape index (κ2) is 6.74. The van der Waals surface area contributed by atoms with Gasteiger partial charge >= 0.3 is 0 Å². The summed E-state index contributed by atoms with van der Waals surface area (Å²) in [6, 6.07) is 14.2. The molecule has 2 nitrogen and oxygen atoms in total. The van der Waals surface area contributed by atoms with Gasteiger partial charge in [0.1, 0.15) is 0 Å². The molecule has 0 unspecified atom stereocenters. The second-order valence-electron chi connectivity index (χ2n) is 6.25. The summed E-state index contributed by atoms with van der Waals surface area (Å²) in [5.41, 5.74) is 6.58. The summed E-state index contributed by atoms with van der Waals surface area (Å²) >= 11 is 5.85. The van der Waals surface area contributed by atoms with Crippen LogP contribution in [0.2, 0.25) is 0 Å². The van der Waals surface area contributed by atoms with Crippen molar-refractivity contribution in [1.82, 2.24) is 4.98 Å². The lowest BCUT2D eigenvalue weighted by Gasteiger charge is -2.11. The van der Waals surface area contributed by atoms with Gasteiger partial charge in [0.05, 0.1) is 11.2 Å². The maximum absolute atomic E-state index is 11.9. The van der Waals surface area contributed by atoms with Crippen LogP contribution >= 0.6 is 11.6 Å². The smallest absolute Gasteiger partial charge is 0.253 e. The molecule has 0 N–H and O–H groups in total. The van der Waals surface area contributed by atoms with Crippen molar-refractivity contribution in [2.75, 3.05) is 0 Å². The predicted molar refractivity (Wildman–Crippen MR) is 101 cm³/mol. The Balaban J connectivity index is 2.20. The molecule has 0 saturated heterocycles. The fraction of sp³-hybridized carbons (Fsp3) is 0.238. The maximum Gasteiger partial charge on any atom is 0.253 e. The summed E-state index contributed by atoms with van der Waals surface area (Å²) in [5.74, 6) is 0. The number of aryl methyl sites for hydroxylation is 3. The molecule has 3 rings (SSSR count). The number of fused-ring (bicyclic) bond motifs is 1. The van der Waals surface area contributed by atoms with Gasteiger partial charge in [-0.1, -0.05) is 49.2 Å². The van der Waals surface area contributed by atoms with Gasteiger partial charge in [-0.25, -0.2) is 4.98 Å². The van der Waals surface area contributed by atoms with Crippen LogP contribution < -0.4 is 0 Å². The molecule has 0 aliphatic rings. The Kier molecular flexibility index (Phi) is 4.68. The van der Waals surface area contributed by atoms with Crippen molar-refractivity contribution in [2.45, 2.75) is 33.6 Å². The zero-order valence-electron chi connectivity index (χ0n) is 14.2. The molecule has 0 bridgehead atoms. The normalized spacial score (nSPS) is 11.0. The molecule has 0 amide bonds. The first kappa shape index (κ1) is 16.7. The topological polar surface area (TPSA) is 30.0 Å². The summed E-state index contributed by atoms with van der Waals surface area (Å²) < 4.78 is 0. The predicted octanol–water partition coefficient (Wildman–Crippen LogP) is 5.85. The number of carbonyl (C=O) groups excluding carboxylic acids is 1. The molecule has 3 heteroatoms. The van der Waals surface area contributed by atoms with Gasteiger partial charge in [-0.3, -0.25) is 4.79 Å². The molecule has 0 fully saturated rings. The summed E-state index contributed by atoms with van der Waals surface area (Å²) in [7, 11) is 0. The SMILES string of the molecule is CCCc1ccc(-c2cc(C(=O)Cl)c3cc(C)cc(C)c3n2)cc1. The molecule has 0 atom stereocenters. The van der Waals surface area contributed by atoms with Gasteiger partial charge < -0.3 is 0 Å². The molecule has 122 valence electrons. The van der Waals surface area contributed by atoms with Gasteiger partial charge in [0.25, 0.3) is 5.24 Å². The van der Waals surface area contributed by atoms with Gasteiger partial charge in [0.15, 0.2) is 0 Å². The lowest BCUT2D eigenvalue weighted by atomic mass is 9.99. The fourth-order valence-electron chi connectivity index (χ4n) is 3.12. The second-order valence-corrected chi connectivity index (χ2v) is 6.60. The van der Waals surface area contributed by atoms with Gasteiger partial charge in [0.2, 0.25) is 0 Å². The van der Waals surface area contributed by atoms with E-state index in [1.807, 2.05) is 19.9 Å². The molecule has 1 heterocycles. The average molecular weight is 338 g/mol. The van der Waals surface area contributed by atoms with E-state index in [0.717, 1.165) is 46.1 Å². The van der Waals surface area contributed by atoms with Gasteiger partial charge in [0, 0.05) is 16.5 Å². The van der Waals surface area contributed by atoms with Gasteiger partial charge in [-0.2, -0.15) is 0 Å². The van der Waals surface area contributed by atoms with Crippen molar-refractivity contribution in [2.24, 2.45) is 0 Å². The minimum Gasteiger partial charge on any atom is -0.276 e. The number of rotatable bonds is 4. The molecular formula is C21H20ClNO. The lowest BCUT2D eigenvalue weighted by molar-refractivity contribution is 0.108. The van der Waals surface area contributed by atoms with Crippen LogP contribution in [0.1, 0.15) is 40.4 Å². The van der Waals surface area contributed by atoms with E-state index in [-0.39, 0.29) is 0 Å². The monoisotopic (exact) mass is 337 g/mol. The number of halogens is 1. The van der Waals surface area contributed by atoms with Crippen LogP contribution in [0, 0.1) is 13.8 Å². The third-order valence-corrected chi connectivity index (χ3v) is 4.45. The Labute approximate surface area is 147 Å². The Morgan fingerprint density at radius 1 is 1.08 bits per heavy atom. The van der Waals surface area contributed by atoms with Crippen molar-refractivity contribution in [3.05, 3.63) is 64.7 Å². The number of nitrogens with zero attached hydrogens (tertiary/aromatic N) is 1. The van der Waals surface area contributed by atoms with E-state index >= 15 is 0 Å². The highest BCUT2D eigenvalue weighted by atomic mass is 35.5. The largest absolute Gasteiger partial charge is 0.276 e. The van der Waals surface area contributed by atoms with E-state index in [9.17, 15) is 4.79 Å². The fourth-order valence-corrected chi connectivity index (χ4v) is 3.28. The van der Waals surface area contributed by atoms with Crippen LogP contribution in [0.4, 0.5) is 0 Å². The number of pyridine rings is 1. The van der Waals surface area contributed by atoms with Crippen LogP contribution in [0.3, 0.4) is 0 Å². The number of carbonyl (C=O) groups is 1. The highest BCUT2D eigenvalue weighted by Gasteiger charge is 2.14. The van der Waals surface area contributed by atoms with Gasteiger partial charge in [-0.05, 0) is 55.1 Å². The molecule has 0 spiro atoms. The molecule has 0 aliphatic carbocycles. The van der Waals surface area contributed by atoms with Crippen LogP contribution in [-0.4, -0.2) is 10.2 Å². The number of benzene rings is 2. The van der Waals surface area contributed by atoms with E-state index < -0.39 is 5.24 Å². The third-order valence-electron chi connectivity index (χ3n) is 4.25. The van der Waals surface area contributed by atoms with Crippen LogP contribution in [0.25, 0.3) is 22.2 Å². The molecule has 24 heavy (non-hydrogen) atoms. The van der Waals surface area contributed by atoms with Crippen molar-refractivity contribution >= 4 is 27.7 Å². The van der Waals surface area contributed by atoms with E-state index in [4.69, 9.17) is 16.6 Å². The van der Waals surface area contributed by atoms with Crippen LogP contribution in [-0.2, 0) is 6.42 Å². The minimum absolute atomic E-state index is 0.448. The molecule has 1 aromatic heterocycles. The molecule has 2 aromatic carbocycles. The third kappa shape index (κ3) is 3.20. The number of hydrogen-bond acceptors (Lipinski definition) is 2. The highest BCUT2D eigenvalue weighted by molar-refractivity contribution is 6.68. The maximum atomic E-state index is 11.9. The Bertz CT molecular complexity index is 913. The van der Waals surface area contributed by atoms with Crippen molar-refractivity contribution < 1.29 is 4.79 Å². The van der Waals surface area contributed by atoms with Crippen LogP contribution in [0.15, 0.2) is 42.5 Å². The molecule has 3 aromatic rings. The van der Waals surface area contributed by atoms with Crippen molar-refractivity contribution in [1.29, 1.82) is 0 Å². The van der Waals surface area contributed by atoms with E-state index in [1.54, 1.807) is 6.07 Å². The Morgan fingerprint density at radius 3 is 2.42 bits per heavy atom. The summed E-state index contributed by atoms with van der Waals surface area (Å²) in [6.45, 7) is 6.19. The first-order chi connectivity index (χ1) is 11.5. The number of aromatic nitrogens is 1. The zero-order chi connectivity index (χ0) is 17.3. The summed E-state index contributed by atoms with van der Waals surface area (Å²) in [4.78, 5) is 16.7. The zero-order valence-corrected chi connectivity index (χ0v) is 14.9. The number of hydrogen-bond donors (Lipinski definition) is 0. The standard InChI is InChI=1S/C21H20ClNO/c1-4-5-15-6-8-16(9-7-15)19-12-18(21(22)24)17-11-13(2)10-14(3)20(17)23-19/h6-12H,4-5H2,1-3H3. The van der Waals surface area contributed by atoms with E-state index in [2.05, 4.69) is 37.3 Å². The molecule has 0 aliphatic heterocycles. The van der Waals surface area contributed by atoms with Crippen molar-refractivity contribution in [3.8, 4) is 11.3 Å². The molecule has 0 saturated carbocycles. The Hall–Kier alpha value is -2.19. The van der Waals surface area contributed by atoms with Gasteiger partial charge in [-0.15, -0.1) is 0 Å². The minimum atomic E-state index is -0.448. The lowest BCUT2D eigenvalue weighted by Crippen LogP contribution is -1.98. The highest BCUT2D eigenvalue weighted by Crippen LogP contribution is 2.29.